The van der Waals surface area contributed by atoms with Crippen LogP contribution in [0.25, 0.3) is 0 Å². The van der Waals surface area contributed by atoms with Gasteiger partial charge in [-0.15, -0.1) is 0 Å². The average Bonchev–Trinajstić information content (AvgIpc) is 2.46. The summed E-state index contributed by atoms with van der Waals surface area (Å²) in [5, 5.41) is 20.2. The lowest BCUT2D eigenvalue weighted by Crippen LogP contribution is -2.24. The molecule has 0 aliphatic heterocycles. The summed E-state index contributed by atoms with van der Waals surface area (Å²) < 4.78 is 0. The summed E-state index contributed by atoms with van der Waals surface area (Å²) in [7, 11) is 0. The van der Waals surface area contributed by atoms with Gasteiger partial charge < -0.3 is 10.2 Å². The Balaban J connectivity index is 1.77. The Morgan fingerprint density at radius 2 is 0.944 bits per heavy atom. The summed E-state index contributed by atoms with van der Waals surface area (Å²) in [6, 6.07) is 0. The second-order valence-electron chi connectivity index (χ2n) is 6.16. The Bertz CT molecular complexity index is 224. The summed E-state index contributed by atoms with van der Waals surface area (Å²) in [6.45, 7) is 0. The van der Waals surface area contributed by atoms with Gasteiger partial charge in [-0.25, -0.2) is 0 Å². The van der Waals surface area contributed by atoms with E-state index in [-0.39, 0.29) is 12.2 Å². The molecule has 0 saturated heterocycles. The molecule has 0 unspecified atom stereocenters. The van der Waals surface area contributed by atoms with Gasteiger partial charge in [-0.2, -0.15) is 0 Å². The van der Waals surface area contributed by atoms with Crippen molar-refractivity contribution in [1.29, 1.82) is 0 Å². The zero-order valence-corrected chi connectivity index (χ0v) is 11.4. The maximum Gasteiger partial charge on any atom is 0.0749 e. The van der Waals surface area contributed by atoms with Crippen molar-refractivity contribution in [2.45, 2.75) is 76.4 Å². The molecule has 18 heavy (non-hydrogen) atoms. The third-order valence-corrected chi connectivity index (χ3v) is 4.77. The fourth-order valence-electron chi connectivity index (χ4n) is 3.49. The summed E-state index contributed by atoms with van der Waals surface area (Å²) >= 11 is 0. The maximum absolute atomic E-state index is 10.1. The maximum atomic E-state index is 10.1. The van der Waals surface area contributed by atoms with E-state index >= 15 is 0 Å². The van der Waals surface area contributed by atoms with Gasteiger partial charge in [0, 0.05) is 0 Å². The molecule has 0 spiro atoms. The Kier molecular flexibility index (Phi) is 5.71. The van der Waals surface area contributed by atoms with Crippen molar-refractivity contribution >= 4 is 0 Å². The quantitative estimate of drug-likeness (QED) is 0.753. The van der Waals surface area contributed by atoms with E-state index in [1.807, 2.05) is 12.2 Å². The molecule has 2 saturated carbocycles. The van der Waals surface area contributed by atoms with E-state index in [1.54, 1.807) is 0 Å². The van der Waals surface area contributed by atoms with E-state index in [4.69, 9.17) is 0 Å². The highest BCUT2D eigenvalue weighted by molar-refractivity contribution is 4.98. The van der Waals surface area contributed by atoms with Gasteiger partial charge in [0.05, 0.1) is 12.2 Å². The van der Waals surface area contributed by atoms with Crippen molar-refractivity contribution in [3.8, 4) is 0 Å². The van der Waals surface area contributed by atoms with Gasteiger partial charge in [0.2, 0.25) is 0 Å². The largest absolute Gasteiger partial charge is 0.389 e. The lowest BCUT2D eigenvalue weighted by molar-refractivity contribution is 0.111. The summed E-state index contributed by atoms with van der Waals surface area (Å²) in [5.74, 6) is 0.849. The second kappa shape index (κ2) is 7.30. The van der Waals surface area contributed by atoms with Crippen LogP contribution in [0.5, 0.6) is 0 Å². The van der Waals surface area contributed by atoms with E-state index in [0.717, 1.165) is 25.7 Å². The lowest BCUT2D eigenvalue weighted by atomic mass is 9.83. The highest BCUT2D eigenvalue weighted by Gasteiger charge is 2.22. The molecule has 0 aromatic carbocycles. The van der Waals surface area contributed by atoms with Crippen LogP contribution in [0, 0.1) is 11.8 Å². The fourth-order valence-corrected chi connectivity index (χ4v) is 3.49. The van der Waals surface area contributed by atoms with Crippen LogP contribution in [-0.2, 0) is 0 Å². The SMILES string of the molecule is O[C@@H](/C=C/[C@H](O)C1CCCCC1)C1CCCCC1. The van der Waals surface area contributed by atoms with Gasteiger partial charge in [-0.1, -0.05) is 50.7 Å². The van der Waals surface area contributed by atoms with Gasteiger partial charge in [0.1, 0.15) is 0 Å². The predicted molar refractivity (Wildman–Crippen MR) is 74.3 cm³/mol. The predicted octanol–water partition coefficient (Wildman–Crippen LogP) is 3.43. The zero-order valence-electron chi connectivity index (χ0n) is 11.4. The first kappa shape index (κ1) is 14.1. The van der Waals surface area contributed by atoms with Gasteiger partial charge in [-0.05, 0) is 37.5 Å². The molecular formula is C16H28O2. The monoisotopic (exact) mass is 252 g/mol. The molecule has 0 amide bonds. The second-order valence-corrected chi connectivity index (χ2v) is 6.16. The summed E-state index contributed by atoms with van der Waals surface area (Å²) in [4.78, 5) is 0. The number of hydrogen-bond donors (Lipinski definition) is 2. The van der Waals surface area contributed by atoms with Crippen molar-refractivity contribution in [3.63, 3.8) is 0 Å². The minimum Gasteiger partial charge on any atom is -0.389 e. The Morgan fingerprint density at radius 1 is 0.611 bits per heavy atom. The van der Waals surface area contributed by atoms with E-state index in [2.05, 4.69) is 0 Å². The molecule has 0 aromatic rings. The molecule has 104 valence electrons. The molecular weight excluding hydrogens is 224 g/mol. The molecule has 2 atom stereocenters. The topological polar surface area (TPSA) is 40.5 Å². The lowest BCUT2D eigenvalue weighted by Gasteiger charge is -2.26. The number of aliphatic hydroxyl groups is 2. The standard InChI is InChI=1S/C16H28O2/c17-15(13-7-3-1-4-8-13)11-12-16(18)14-9-5-2-6-10-14/h11-18H,1-10H2/b12-11+/t15-,16-/m0/s1. The molecule has 2 heteroatoms. The minimum atomic E-state index is -0.344. The minimum absolute atomic E-state index is 0.344. The highest BCUT2D eigenvalue weighted by atomic mass is 16.3. The first-order valence-corrected chi connectivity index (χ1v) is 7.82. The van der Waals surface area contributed by atoms with Crippen molar-refractivity contribution in [2.24, 2.45) is 11.8 Å². The normalized spacial score (nSPS) is 27.4. The number of rotatable bonds is 4. The van der Waals surface area contributed by atoms with Gasteiger partial charge in [-0.3, -0.25) is 0 Å². The molecule has 2 fully saturated rings. The summed E-state index contributed by atoms with van der Waals surface area (Å²) in [6.07, 6.45) is 15.2. The van der Waals surface area contributed by atoms with Gasteiger partial charge in [0.15, 0.2) is 0 Å². The molecule has 0 heterocycles. The van der Waals surface area contributed by atoms with Crippen molar-refractivity contribution in [2.75, 3.05) is 0 Å². The van der Waals surface area contributed by atoms with Crippen LogP contribution >= 0.6 is 0 Å². The fraction of sp³-hybridized carbons (Fsp3) is 0.875. The smallest absolute Gasteiger partial charge is 0.0749 e. The van der Waals surface area contributed by atoms with E-state index in [0.29, 0.717) is 11.8 Å². The van der Waals surface area contributed by atoms with Crippen LogP contribution in [0.1, 0.15) is 64.2 Å². The Morgan fingerprint density at radius 3 is 1.28 bits per heavy atom. The first-order chi connectivity index (χ1) is 8.77. The third kappa shape index (κ3) is 4.10. The van der Waals surface area contributed by atoms with Crippen LogP contribution in [-0.4, -0.2) is 22.4 Å². The molecule has 2 aliphatic rings. The van der Waals surface area contributed by atoms with Crippen LogP contribution < -0.4 is 0 Å². The van der Waals surface area contributed by atoms with Gasteiger partial charge >= 0.3 is 0 Å². The van der Waals surface area contributed by atoms with Crippen molar-refractivity contribution in [1.82, 2.24) is 0 Å². The highest BCUT2D eigenvalue weighted by Crippen LogP contribution is 2.29. The van der Waals surface area contributed by atoms with E-state index in [1.165, 1.54) is 38.5 Å². The molecule has 2 N–H and O–H groups in total. The summed E-state index contributed by atoms with van der Waals surface area (Å²) in [5.41, 5.74) is 0. The van der Waals surface area contributed by atoms with Crippen molar-refractivity contribution in [3.05, 3.63) is 12.2 Å². The zero-order chi connectivity index (χ0) is 12.8. The van der Waals surface area contributed by atoms with Gasteiger partial charge in [0.25, 0.3) is 0 Å². The molecule has 2 nitrogen and oxygen atoms in total. The van der Waals surface area contributed by atoms with Crippen LogP contribution in [0.2, 0.25) is 0 Å². The van der Waals surface area contributed by atoms with E-state index in [9.17, 15) is 10.2 Å². The van der Waals surface area contributed by atoms with Crippen LogP contribution in [0.15, 0.2) is 12.2 Å². The molecule has 0 bridgehead atoms. The first-order valence-electron chi connectivity index (χ1n) is 7.82. The molecule has 2 rings (SSSR count). The molecule has 0 aromatic heterocycles. The van der Waals surface area contributed by atoms with Crippen LogP contribution in [0.3, 0.4) is 0 Å². The average molecular weight is 252 g/mol. The Labute approximate surface area is 111 Å². The Hall–Kier alpha value is -0.340. The molecule has 0 radical (unpaired) electrons. The number of aliphatic hydroxyl groups excluding tert-OH is 2. The molecule has 2 aliphatic carbocycles. The number of hydrogen-bond acceptors (Lipinski definition) is 2. The van der Waals surface area contributed by atoms with E-state index < -0.39 is 0 Å². The third-order valence-electron chi connectivity index (χ3n) is 4.77. The van der Waals surface area contributed by atoms with Crippen molar-refractivity contribution < 1.29 is 10.2 Å². The van der Waals surface area contributed by atoms with Crippen LogP contribution in [0.4, 0.5) is 0 Å².